The van der Waals surface area contributed by atoms with Crippen LogP contribution in [0.3, 0.4) is 0 Å². The second kappa shape index (κ2) is 6.96. The van der Waals surface area contributed by atoms with Crippen LogP contribution in [0.5, 0.6) is 0 Å². The zero-order chi connectivity index (χ0) is 10.4. The molecule has 0 atom stereocenters. The summed E-state index contributed by atoms with van der Waals surface area (Å²) >= 11 is 22.3. The van der Waals surface area contributed by atoms with Crippen LogP contribution < -0.4 is 0 Å². The fourth-order valence-corrected chi connectivity index (χ4v) is 2.45. The molecule has 0 fully saturated rings. The van der Waals surface area contributed by atoms with Crippen LogP contribution >= 0.6 is 44.3 Å². The van der Waals surface area contributed by atoms with E-state index in [0.29, 0.717) is 0 Å². The Morgan fingerprint density at radius 2 is 1.17 bits per heavy atom. The molecule has 76 valence electrons. The van der Waals surface area contributed by atoms with E-state index in [1.54, 1.807) is 0 Å². The summed E-state index contributed by atoms with van der Waals surface area (Å²) in [5.74, 6) is 0. The van der Waals surface area contributed by atoms with Gasteiger partial charge in [0.1, 0.15) is 0 Å². The van der Waals surface area contributed by atoms with Crippen molar-refractivity contribution in [2.45, 2.75) is 39.0 Å². The Labute approximate surface area is 96.4 Å². The lowest BCUT2D eigenvalue weighted by molar-refractivity contribution is 1.07. The second-order valence-electron chi connectivity index (χ2n) is 3.15. The quantitative estimate of drug-likeness (QED) is 0.488. The van der Waals surface area contributed by atoms with E-state index in [0.717, 1.165) is 12.5 Å². The van der Waals surface area contributed by atoms with Crippen LogP contribution in [0.25, 0.3) is 0 Å². The minimum absolute atomic E-state index is 1.01. The number of hydrogen-bond acceptors (Lipinski definition) is 0. The van der Waals surface area contributed by atoms with Gasteiger partial charge in [-0.3, -0.25) is 0 Å². The van der Waals surface area contributed by atoms with Crippen molar-refractivity contribution >= 4 is 57.7 Å². The van der Waals surface area contributed by atoms with Gasteiger partial charge in [0.05, 0.1) is 0 Å². The molecule has 0 saturated carbocycles. The van der Waals surface area contributed by atoms with E-state index in [2.05, 4.69) is 6.92 Å². The molecule has 0 aliphatic heterocycles. The summed E-state index contributed by atoms with van der Waals surface area (Å²) in [7, 11) is 0. The summed E-state index contributed by atoms with van der Waals surface area (Å²) in [4.78, 5) is 0. The molecule has 0 aromatic rings. The summed E-state index contributed by atoms with van der Waals surface area (Å²) in [5, 5.41) is 0. The summed E-state index contributed by atoms with van der Waals surface area (Å²) in [6.07, 6.45) is 1.11. The Balaban J connectivity index is 0. The normalized spacial score (nSPS) is 12.0. The van der Waals surface area contributed by atoms with Gasteiger partial charge in [0.25, 0.3) is 0 Å². The first-order valence-electron chi connectivity index (χ1n) is 3.82. The minimum atomic E-state index is -1.71. The second-order valence-corrected chi connectivity index (χ2v) is 20.3. The third kappa shape index (κ3) is 41.6. The van der Waals surface area contributed by atoms with E-state index >= 15 is 0 Å². The molecule has 0 amide bonds. The molecule has 0 nitrogen and oxygen atoms in total. The van der Waals surface area contributed by atoms with Crippen molar-refractivity contribution in [3.63, 3.8) is 0 Å². The minimum Gasteiger partial charge on any atom is -0.146 e. The largest absolute Gasteiger partial charge is 0.248 e. The number of hydrogen-bond donors (Lipinski definition) is 0. The molecule has 0 aromatic carbocycles. The Kier molecular flexibility index (Phi) is 9.31. The highest BCUT2D eigenvalue weighted by Crippen LogP contribution is 2.20. The van der Waals surface area contributed by atoms with Gasteiger partial charge in [-0.05, 0) is 25.7 Å². The molecule has 0 unspecified atom stereocenters. The van der Waals surface area contributed by atoms with Crippen molar-refractivity contribution in [2.24, 2.45) is 0 Å². The molecule has 0 aliphatic rings. The van der Waals surface area contributed by atoms with Crippen LogP contribution in [0.15, 0.2) is 0 Å². The van der Waals surface area contributed by atoms with Crippen LogP contribution in [0.1, 0.15) is 13.3 Å². The van der Waals surface area contributed by atoms with Gasteiger partial charge in [0.15, 0.2) is 0 Å². The van der Waals surface area contributed by atoms with E-state index in [9.17, 15) is 0 Å². The average Bonchev–Trinajstić information content (AvgIpc) is 1.54. The lowest BCUT2D eigenvalue weighted by atomic mass is 10.6. The van der Waals surface area contributed by atoms with Crippen molar-refractivity contribution in [1.82, 2.24) is 0 Å². The third-order valence-corrected chi connectivity index (χ3v) is 3.20. The average molecular weight is 286 g/mol. The molecule has 0 aromatic heterocycles. The van der Waals surface area contributed by atoms with Gasteiger partial charge in [0, 0.05) is 0 Å². The Bertz CT molecular complexity index is 99.1. The monoisotopic (exact) mass is 284 g/mol. The van der Waals surface area contributed by atoms with Gasteiger partial charge >= 0.3 is 0 Å². The summed E-state index contributed by atoms with van der Waals surface area (Å²) in [6.45, 7) is 4.37. The lowest BCUT2D eigenvalue weighted by Crippen LogP contribution is -2.10. The maximum Gasteiger partial charge on any atom is 0.248 e. The Morgan fingerprint density at radius 1 is 0.917 bits per heavy atom. The first-order chi connectivity index (χ1) is 5.06. The van der Waals surface area contributed by atoms with Gasteiger partial charge in [-0.1, -0.05) is 13.3 Å². The molecular formula is C6H16Cl4Si2. The molecule has 0 bridgehead atoms. The summed E-state index contributed by atoms with van der Waals surface area (Å²) in [6, 6.07) is 1.01. The van der Waals surface area contributed by atoms with Crippen LogP contribution in [0.2, 0.25) is 25.7 Å². The summed E-state index contributed by atoms with van der Waals surface area (Å²) in [5.41, 5.74) is 0. The Morgan fingerprint density at radius 3 is 1.17 bits per heavy atom. The zero-order valence-corrected chi connectivity index (χ0v) is 12.9. The van der Waals surface area contributed by atoms with Gasteiger partial charge in [-0.15, -0.1) is 44.3 Å². The molecule has 0 saturated heterocycles. The van der Waals surface area contributed by atoms with Crippen molar-refractivity contribution < 1.29 is 0 Å². The molecule has 0 rings (SSSR count). The molecular weight excluding hydrogens is 270 g/mol. The smallest absolute Gasteiger partial charge is 0.146 e. The third-order valence-electron chi connectivity index (χ3n) is 0.689. The molecule has 0 aliphatic carbocycles. The van der Waals surface area contributed by atoms with Crippen molar-refractivity contribution in [3.8, 4) is 0 Å². The van der Waals surface area contributed by atoms with E-state index in [1.165, 1.54) is 0 Å². The maximum absolute atomic E-state index is 5.74. The topological polar surface area (TPSA) is 0 Å². The molecule has 6 heteroatoms. The predicted octanol–water partition coefficient (Wildman–Crippen LogP) is 5.11. The lowest BCUT2D eigenvalue weighted by Gasteiger charge is -2.05. The first kappa shape index (κ1) is 16.0. The maximum atomic E-state index is 5.74. The highest BCUT2D eigenvalue weighted by Gasteiger charge is 2.17. The van der Waals surface area contributed by atoms with Gasteiger partial charge in [-0.25, -0.2) is 0 Å². The van der Waals surface area contributed by atoms with Crippen LogP contribution in [0, 0.1) is 0 Å². The van der Waals surface area contributed by atoms with E-state index in [-0.39, 0.29) is 0 Å². The fourth-order valence-electron chi connectivity index (χ4n) is 0.439. The molecule has 0 N–H and O–H groups in total. The van der Waals surface area contributed by atoms with Crippen LogP contribution in [-0.2, 0) is 0 Å². The van der Waals surface area contributed by atoms with Crippen LogP contribution in [0.4, 0.5) is 0 Å². The molecule has 12 heavy (non-hydrogen) atoms. The molecule has 0 heterocycles. The summed E-state index contributed by atoms with van der Waals surface area (Å²) < 4.78 is 0. The highest BCUT2D eigenvalue weighted by atomic mass is 35.7. The fraction of sp³-hybridized carbons (Fsp3) is 1.00. The van der Waals surface area contributed by atoms with Crippen molar-refractivity contribution in [1.29, 1.82) is 0 Å². The molecule has 0 radical (unpaired) electrons. The van der Waals surface area contributed by atoms with Gasteiger partial charge < -0.3 is 0 Å². The number of rotatable bonds is 2. The SMILES string of the molecule is CCC[Si](C)(Cl)Cl.C[Si](C)(Cl)Cl. The van der Waals surface area contributed by atoms with Crippen molar-refractivity contribution in [2.75, 3.05) is 0 Å². The van der Waals surface area contributed by atoms with E-state index in [1.807, 2.05) is 19.6 Å². The highest BCUT2D eigenvalue weighted by molar-refractivity contribution is 7.45. The van der Waals surface area contributed by atoms with Crippen LogP contribution in [-0.4, -0.2) is 13.4 Å². The first-order valence-corrected chi connectivity index (χ1v) is 13.6. The Hall–Kier alpha value is 1.59. The van der Waals surface area contributed by atoms with E-state index < -0.39 is 13.4 Å². The zero-order valence-electron chi connectivity index (χ0n) is 7.93. The van der Waals surface area contributed by atoms with Gasteiger partial charge in [0.2, 0.25) is 13.4 Å². The standard InChI is InChI=1S/C4H10Cl2Si.C2H6Cl2Si/c1-3-4-7(2,5)6;1-5(2,3)4/h3-4H2,1-2H3;1-2H3. The molecule has 0 spiro atoms. The predicted molar refractivity (Wildman–Crippen MR) is 67.6 cm³/mol. The van der Waals surface area contributed by atoms with Crippen molar-refractivity contribution in [3.05, 3.63) is 0 Å². The van der Waals surface area contributed by atoms with E-state index in [4.69, 9.17) is 44.3 Å². The number of halogens is 4. The van der Waals surface area contributed by atoms with Gasteiger partial charge in [-0.2, -0.15) is 0 Å².